The van der Waals surface area contributed by atoms with Crippen molar-refractivity contribution in [1.82, 2.24) is 0 Å². The molecule has 0 nitrogen and oxygen atoms in total. The Morgan fingerprint density at radius 2 is 0.857 bits per heavy atom. The highest BCUT2D eigenvalue weighted by atomic mass is 79.9. The van der Waals surface area contributed by atoms with Crippen LogP contribution in [0.1, 0.15) is 5.56 Å². The Hall–Kier alpha value is -1.73. The van der Waals surface area contributed by atoms with Crippen LogP contribution in [0.15, 0.2) is 118 Å². The molecule has 4 aromatic rings. The minimum absolute atomic E-state index is 0.975. The van der Waals surface area contributed by atoms with E-state index < -0.39 is 7.26 Å². The van der Waals surface area contributed by atoms with Gasteiger partial charge in [-0.3, -0.25) is 0 Å². The summed E-state index contributed by atoms with van der Waals surface area (Å²) in [5, 5.41) is 4.22. The number of rotatable bonds is 5. The van der Waals surface area contributed by atoms with Gasteiger partial charge >= 0.3 is 0 Å². The first-order valence-corrected chi connectivity index (χ1v) is 12.7. The molecule has 0 aliphatic carbocycles. The van der Waals surface area contributed by atoms with Gasteiger partial charge in [-0.1, -0.05) is 86.5 Å². The van der Waals surface area contributed by atoms with Crippen LogP contribution in [-0.4, -0.2) is 0 Å². The van der Waals surface area contributed by atoms with Gasteiger partial charge in [-0.05, 0) is 60.2 Å². The standard InChI is InChI=1S/C25H20Br2P/c26-21-16-20(17-22(27)18-21)19-28(23-10-4-1-5-11-23,24-12-6-2-7-13-24)25-14-8-3-9-15-25/h1-18H,19H2/q+1. The van der Waals surface area contributed by atoms with Gasteiger partial charge in [0.05, 0.1) is 6.16 Å². The molecule has 0 fully saturated rings. The Morgan fingerprint density at radius 3 is 1.21 bits per heavy atom. The molecule has 4 rings (SSSR count). The van der Waals surface area contributed by atoms with Crippen molar-refractivity contribution in [3.63, 3.8) is 0 Å². The minimum Gasteiger partial charge on any atom is -0.0620 e. The van der Waals surface area contributed by atoms with Crippen LogP contribution in [-0.2, 0) is 6.16 Å². The molecule has 0 aromatic heterocycles. The van der Waals surface area contributed by atoms with E-state index in [2.05, 4.69) is 141 Å². The minimum atomic E-state index is -1.86. The molecule has 0 bridgehead atoms. The maximum absolute atomic E-state index is 3.67. The molecule has 0 radical (unpaired) electrons. The zero-order valence-electron chi connectivity index (χ0n) is 15.3. The topological polar surface area (TPSA) is 0 Å². The molecule has 0 unspecified atom stereocenters. The third kappa shape index (κ3) is 4.01. The summed E-state index contributed by atoms with van der Waals surface area (Å²) < 4.78 is 2.20. The summed E-state index contributed by atoms with van der Waals surface area (Å²) in [4.78, 5) is 0. The van der Waals surface area contributed by atoms with Crippen LogP contribution >= 0.6 is 39.1 Å². The number of hydrogen-bond acceptors (Lipinski definition) is 0. The van der Waals surface area contributed by atoms with Crippen molar-refractivity contribution in [1.29, 1.82) is 0 Å². The van der Waals surface area contributed by atoms with Crippen molar-refractivity contribution in [2.45, 2.75) is 6.16 Å². The van der Waals surface area contributed by atoms with Crippen LogP contribution in [0.3, 0.4) is 0 Å². The molecule has 138 valence electrons. The zero-order chi connectivity index (χ0) is 19.4. The van der Waals surface area contributed by atoms with Crippen LogP contribution in [0.5, 0.6) is 0 Å². The second-order valence-electron chi connectivity index (χ2n) is 6.75. The molecule has 3 heteroatoms. The third-order valence-corrected chi connectivity index (χ3v) is 10.2. The Balaban J connectivity index is 2.01. The summed E-state index contributed by atoms with van der Waals surface area (Å²) >= 11 is 7.34. The average molecular weight is 511 g/mol. The second kappa shape index (κ2) is 8.74. The Labute approximate surface area is 184 Å². The molecule has 0 amide bonds. The van der Waals surface area contributed by atoms with Gasteiger partial charge in [-0.2, -0.15) is 0 Å². The van der Waals surface area contributed by atoms with E-state index in [0.717, 1.165) is 15.1 Å². The van der Waals surface area contributed by atoms with Crippen LogP contribution < -0.4 is 15.9 Å². The van der Waals surface area contributed by atoms with Gasteiger partial charge < -0.3 is 0 Å². The zero-order valence-corrected chi connectivity index (χ0v) is 19.4. The molecule has 0 N–H and O–H groups in total. The fourth-order valence-electron chi connectivity index (χ4n) is 3.74. The molecule has 28 heavy (non-hydrogen) atoms. The first-order chi connectivity index (χ1) is 13.7. The van der Waals surface area contributed by atoms with Gasteiger partial charge in [0.1, 0.15) is 23.2 Å². The van der Waals surface area contributed by atoms with Crippen LogP contribution in [0.2, 0.25) is 0 Å². The van der Waals surface area contributed by atoms with Crippen molar-refractivity contribution in [2.24, 2.45) is 0 Å². The number of benzene rings is 4. The summed E-state index contributed by atoms with van der Waals surface area (Å²) in [7, 11) is -1.86. The third-order valence-electron chi connectivity index (χ3n) is 4.93. The van der Waals surface area contributed by atoms with Gasteiger partial charge in [0, 0.05) is 8.95 Å². The quantitative estimate of drug-likeness (QED) is 0.262. The maximum atomic E-state index is 3.67. The van der Waals surface area contributed by atoms with Crippen molar-refractivity contribution >= 4 is 55.0 Å². The lowest BCUT2D eigenvalue weighted by Gasteiger charge is -2.28. The summed E-state index contributed by atoms with van der Waals surface area (Å²) in [5.74, 6) is 0. The highest BCUT2D eigenvalue weighted by Gasteiger charge is 2.45. The monoisotopic (exact) mass is 509 g/mol. The fourth-order valence-corrected chi connectivity index (χ4v) is 9.35. The Bertz CT molecular complexity index is 931. The molecule has 0 aliphatic heterocycles. The van der Waals surface area contributed by atoms with Crippen LogP contribution in [0.4, 0.5) is 0 Å². The largest absolute Gasteiger partial charge is 0.116 e. The van der Waals surface area contributed by atoms with Crippen molar-refractivity contribution in [3.05, 3.63) is 124 Å². The molecular formula is C25H20Br2P+. The van der Waals surface area contributed by atoms with E-state index in [1.54, 1.807) is 0 Å². The predicted octanol–water partition coefficient (Wildman–Crippen LogP) is 6.71. The van der Waals surface area contributed by atoms with Crippen molar-refractivity contribution in [3.8, 4) is 0 Å². The van der Waals surface area contributed by atoms with Gasteiger partial charge in [0.2, 0.25) is 0 Å². The lowest BCUT2D eigenvalue weighted by molar-refractivity contribution is 1.36. The summed E-state index contributed by atoms with van der Waals surface area (Å²) in [6, 6.07) is 39.6. The summed E-state index contributed by atoms with van der Waals surface area (Å²) in [6.45, 7) is 0. The first kappa shape index (κ1) is 19.6. The van der Waals surface area contributed by atoms with E-state index in [-0.39, 0.29) is 0 Å². The van der Waals surface area contributed by atoms with Crippen molar-refractivity contribution < 1.29 is 0 Å². The van der Waals surface area contributed by atoms with E-state index in [9.17, 15) is 0 Å². The van der Waals surface area contributed by atoms with Crippen LogP contribution in [0, 0.1) is 0 Å². The second-order valence-corrected chi connectivity index (χ2v) is 12.1. The molecule has 0 spiro atoms. The molecule has 0 aliphatic rings. The van der Waals surface area contributed by atoms with Crippen LogP contribution in [0.25, 0.3) is 0 Å². The highest BCUT2D eigenvalue weighted by Crippen LogP contribution is 2.58. The average Bonchev–Trinajstić information content (AvgIpc) is 2.73. The van der Waals surface area contributed by atoms with E-state index in [1.807, 2.05) is 0 Å². The summed E-state index contributed by atoms with van der Waals surface area (Å²) in [5.41, 5.74) is 1.33. The van der Waals surface area contributed by atoms with E-state index >= 15 is 0 Å². The van der Waals surface area contributed by atoms with Crippen molar-refractivity contribution in [2.75, 3.05) is 0 Å². The number of halogens is 2. The predicted molar refractivity (Wildman–Crippen MR) is 131 cm³/mol. The first-order valence-electron chi connectivity index (χ1n) is 9.18. The smallest absolute Gasteiger partial charge is 0.0620 e. The molecule has 0 saturated heterocycles. The van der Waals surface area contributed by atoms with Gasteiger partial charge in [-0.15, -0.1) is 0 Å². The van der Waals surface area contributed by atoms with E-state index in [0.29, 0.717) is 0 Å². The number of hydrogen-bond donors (Lipinski definition) is 0. The Kier molecular flexibility index (Phi) is 6.11. The molecule has 0 atom stereocenters. The summed E-state index contributed by atoms with van der Waals surface area (Å²) in [6.07, 6.45) is 0.975. The lowest BCUT2D eigenvalue weighted by Crippen LogP contribution is -2.32. The van der Waals surface area contributed by atoms with E-state index in [1.165, 1.54) is 21.5 Å². The SMILES string of the molecule is Brc1cc(Br)cc(C[P+](c2ccccc2)(c2ccccc2)c2ccccc2)c1. The fraction of sp³-hybridized carbons (Fsp3) is 0.0400. The Morgan fingerprint density at radius 1 is 0.500 bits per heavy atom. The maximum Gasteiger partial charge on any atom is 0.116 e. The molecule has 4 aromatic carbocycles. The molecular weight excluding hydrogens is 491 g/mol. The highest BCUT2D eigenvalue weighted by molar-refractivity contribution is 9.11. The lowest BCUT2D eigenvalue weighted by atomic mass is 10.2. The molecule has 0 heterocycles. The van der Waals surface area contributed by atoms with E-state index in [4.69, 9.17) is 0 Å². The molecule has 0 saturated carbocycles. The normalized spacial score (nSPS) is 11.4. The van der Waals surface area contributed by atoms with Gasteiger partial charge in [0.15, 0.2) is 0 Å². The van der Waals surface area contributed by atoms with Gasteiger partial charge in [-0.25, -0.2) is 0 Å². The van der Waals surface area contributed by atoms with Gasteiger partial charge in [0.25, 0.3) is 0 Å².